The van der Waals surface area contributed by atoms with Crippen LogP contribution in [-0.4, -0.2) is 17.8 Å². The normalized spacial score (nSPS) is 17.3. The first-order chi connectivity index (χ1) is 7.03. The zero-order valence-corrected chi connectivity index (χ0v) is 11.4. The lowest BCUT2D eigenvalue weighted by Crippen LogP contribution is -2.35. The third-order valence-corrected chi connectivity index (χ3v) is 3.63. The molecule has 0 saturated heterocycles. The fourth-order valence-corrected chi connectivity index (χ4v) is 2.79. The molecule has 15 heavy (non-hydrogen) atoms. The van der Waals surface area contributed by atoms with E-state index in [2.05, 4.69) is 35.1 Å². The maximum atomic E-state index is 11.6. The van der Waals surface area contributed by atoms with Gasteiger partial charge in [0.1, 0.15) is 0 Å². The molecule has 0 aromatic carbocycles. The van der Waals surface area contributed by atoms with Gasteiger partial charge in [0.2, 0.25) is 5.91 Å². The highest BCUT2D eigenvalue weighted by Crippen LogP contribution is 2.29. The molecule has 0 spiro atoms. The molecule has 1 aliphatic carbocycles. The van der Waals surface area contributed by atoms with Gasteiger partial charge >= 0.3 is 0 Å². The molecule has 2 nitrogen and oxygen atoms in total. The van der Waals surface area contributed by atoms with E-state index in [0.29, 0.717) is 5.92 Å². The molecule has 0 bridgehead atoms. The van der Waals surface area contributed by atoms with Crippen LogP contribution in [0.1, 0.15) is 46.0 Å². The summed E-state index contributed by atoms with van der Waals surface area (Å²) in [6, 6.07) is 0. The molecular formula is C12H22BrNO. The minimum Gasteiger partial charge on any atom is -0.356 e. The highest BCUT2D eigenvalue weighted by molar-refractivity contribution is 9.09. The summed E-state index contributed by atoms with van der Waals surface area (Å²) in [4.78, 5) is 11.6. The Kier molecular flexibility index (Phi) is 5.10. The lowest BCUT2D eigenvalue weighted by Gasteiger charge is -2.27. The van der Waals surface area contributed by atoms with Crippen molar-refractivity contribution in [3.05, 3.63) is 0 Å². The second-order valence-corrected chi connectivity index (χ2v) is 6.17. The second kappa shape index (κ2) is 5.88. The first-order valence-corrected chi connectivity index (χ1v) is 6.98. The van der Waals surface area contributed by atoms with E-state index in [-0.39, 0.29) is 11.3 Å². The molecule has 3 heteroatoms. The molecule has 1 rings (SSSR count). The molecule has 0 atom stereocenters. The Labute approximate surface area is 101 Å². The Bertz CT molecular complexity index is 212. The lowest BCUT2D eigenvalue weighted by atomic mass is 9.82. The first-order valence-electron chi connectivity index (χ1n) is 5.86. The van der Waals surface area contributed by atoms with Crippen molar-refractivity contribution in [1.82, 2.24) is 5.32 Å². The van der Waals surface area contributed by atoms with Crippen LogP contribution in [0.3, 0.4) is 0 Å². The van der Waals surface area contributed by atoms with Crippen molar-refractivity contribution in [2.24, 2.45) is 11.3 Å². The van der Waals surface area contributed by atoms with Gasteiger partial charge in [0.15, 0.2) is 0 Å². The smallest absolute Gasteiger partial charge is 0.220 e. The van der Waals surface area contributed by atoms with Gasteiger partial charge in [0, 0.05) is 18.3 Å². The Morgan fingerprint density at radius 1 is 1.47 bits per heavy atom. The molecular weight excluding hydrogens is 254 g/mol. The van der Waals surface area contributed by atoms with E-state index in [9.17, 15) is 4.79 Å². The second-order valence-electron chi connectivity index (χ2n) is 5.38. The summed E-state index contributed by atoms with van der Waals surface area (Å²) in [5, 5.41) is 4.05. The topological polar surface area (TPSA) is 29.1 Å². The first kappa shape index (κ1) is 13.0. The van der Waals surface area contributed by atoms with Crippen molar-refractivity contribution in [2.75, 3.05) is 11.9 Å². The number of nitrogens with one attached hydrogen (secondary N) is 1. The molecule has 1 aliphatic rings. The van der Waals surface area contributed by atoms with E-state index in [4.69, 9.17) is 0 Å². The van der Waals surface area contributed by atoms with Gasteiger partial charge in [-0.05, 0) is 30.6 Å². The molecule has 0 heterocycles. The number of carbonyl (C=O) groups is 1. The van der Waals surface area contributed by atoms with Crippen LogP contribution >= 0.6 is 15.9 Å². The Morgan fingerprint density at radius 2 is 2.13 bits per heavy atom. The van der Waals surface area contributed by atoms with Crippen LogP contribution in [0, 0.1) is 11.3 Å². The van der Waals surface area contributed by atoms with Crippen molar-refractivity contribution < 1.29 is 4.79 Å². The number of hydrogen-bond acceptors (Lipinski definition) is 1. The number of carbonyl (C=O) groups excluding carboxylic acids is 1. The fourth-order valence-electron chi connectivity index (χ4n) is 1.71. The number of hydrogen-bond donors (Lipinski definition) is 1. The molecule has 0 aromatic heterocycles. The summed E-state index contributed by atoms with van der Waals surface area (Å²) in [5.41, 5.74) is 0.207. The van der Waals surface area contributed by atoms with Gasteiger partial charge in [-0.25, -0.2) is 0 Å². The quantitative estimate of drug-likeness (QED) is 0.742. The van der Waals surface area contributed by atoms with Crippen LogP contribution < -0.4 is 5.32 Å². The third kappa shape index (κ3) is 5.01. The van der Waals surface area contributed by atoms with E-state index in [0.717, 1.165) is 24.7 Å². The fraction of sp³-hybridized carbons (Fsp3) is 0.917. The Balaban J connectivity index is 2.14. The summed E-state index contributed by atoms with van der Waals surface area (Å²) < 4.78 is 0. The molecule has 88 valence electrons. The summed E-state index contributed by atoms with van der Waals surface area (Å²) in [7, 11) is 0. The van der Waals surface area contributed by atoms with Crippen LogP contribution in [0.4, 0.5) is 0 Å². The van der Waals surface area contributed by atoms with Crippen molar-refractivity contribution in [3.8, 4) is 0 Å². The predicted molar refractivity (Wildman–Crippen MR) is 67.2 cm³/mol. The molecule has 1 amide bonds. The number of rotatable bonds is 6. The zero-order chi connectivity index (χ0) is 11.3. The van der Waals surface area contributed by atoms with Crippen LogP contribution in [0.25, 0.3) is 0 Å². The third-order valence-electron chi connectivity index (χ3n) is 3.23. The highest BCUT2D eigenvalue weighted by Gasteiger charge is 2.22. The van der Waals surface area contributed by atoms with Crippen molar-refractivity contribution in [1.29, 1.82) is 0 Å². The van der Waals surface area contributed by atoms with Gasteiger partial charge in [-0.3, -0.25) is 4.79 Å². The van der Waals surface area contributed by atoms with Crippen LogP contribution in [0.2, 0.25) is 0 Å². The van der Waals surface area contributed by atoms with Gasteiger partial charge in [-0.1, -0.05) is 36.2 Å². The van der Waals surface area contributed by atoms with Crippen molar-refractivity contribution >= 4 is 21.8 Å². The van der Waals surface area contributed by atoms with Gasteiger partial charge in [0.05, 0.1) is 0 Å². The minimum absolute atomic E-state index is 0.207. The molecule has 0 aromatic rings. The number of halogens is 1. The molecule has 0 radical (unpaired) electrons. The average molecular weight is 276 g/mol. The van der Waals surface area contributed by atoms with E-state index < -0.39 is 0 Å². The minimum atomic E-state index is 0.207. The maximum absolute atomic E-state index is 11.6. The standard InChI is InChI=1S/C12H22BrNO/c1-12(2,6-7-13)9-14-11(15)8-10-4-3-5-10/h10H,3-9H2,1-2H3,(H,14,15). The Morgan fingerprint density at radius 3 is 2.60 bits per heavy atom. The van der Waals surface area contributed by atoms with E-state index in [1.54, 1.807) is 0 Å². The van der Waals surface area contributed by atoms with Crippen molar-refractivity contribution in [2.45, 2.75) is 46.0 Å². The highest BCUT2D eigenvalue weighted by atomic mass is 79.9. The van der Waals surface area contributed by atoms with Crippen molar-refractivity contribution in [3.63, 3.8) is 0 Å². The molecule has 0 unspecified atom stereocenters. The van der Waals surface area contributed by atoms with Gasteiger partial charge < -0.3 is 5.32 Å². The van der Waals surface area contributed by atoms with Gasteiger partial charge in [0.25, 0.3) is 0 Å². The van der Waals surface area contributed by atoms with Crippen LogP contribution in [0.5, 0.6) is 0 Å². The average Bonchev–Trinajstić information content (AvgIpc) is 2.08. The number of amides is 1. The van der Waals surface area contributed by atoms with E-state index in [1.165, 1.54) is 19.3 Å². The molecule has 1 saturated carbocycles. The monoisotopic (exact) mass is 275 g/mol. The van der Waals surface area contributed by atoms with E-state index >= 15 is 0 Å². The SMILES string of the molecule is CC(C)(CCBr)CNC(=O)CC1CCC1. The summed E-state index contributed by atoms with van der Waals surface area (Å²) >= 11 is 3.44. The maximum Gasteiger partial charge on any atom is 0.220 e. The zero-order valence-electron chi connectivity index (χ0n) is 9.81. The summed E-state index contributed by atoms with van der Waals surface area (Å²) in [6.07, 6.45) is 5.64. The molecule has 0 aliphatic heterocycles. The molecule has 1 fully saturated rings. The van der Waals surface area contributed by atoms with Gasteiger partial charge in [-0.15, -0.1) is 0 Å². The Hall–Kier alpha value is -0.0500. The lowest BCUT2D eigenvalue weighted by molar-refractivity contribution is -0.123. The van der Waals surface area contributed by atoms with E-state index in [1.807, 2.05) is 0 Å². The summed E-state index contributed by atoms with van der Waals surface area (Å²) in [5.74, 6) is 0.909. The van der Waals surface area contributed by atoms with Crippen LogP contribution in [-0.2, 0) is 4.79 Å². The summed E-state index contributed by atoms with van der Waals surface area (Å²) in [6.45, 7) is 5.18. The van der Waals surface area contributed by atoms with Gasteiger partial charge in [-0.2, -0.15) is 0 Å². The number of alkyl halides is 1. The largest absolute Gasteiger partial charge is 0.356 e. The predicted octanol–water partition coefficient (Wildman–Crippen LogP) is 3.10. The van der Waals surface area contributed by atoms with Crippen LogP contribution in [0.15, 0.2) is 0 Å². The molecule has 1 N–H and O–H groups in total.